The van der Waals surface area contributed by atoms with Crippen molar-refractivity contribution < 1.29 is 5.11 Å². The van der Waals surface area contributed by atoms with Crippen molar-refractivity contribution in [3.8, 4) is 5.69 Å². The highest BCUT2D eigenvalue weighted by molar-refractivity contribution is 6.30. The molecule has 2 aromatic carbocycles. The summed E-state index contributed by atoms with van der Waals surface area (Å²) in [7, 11) is 0. The minimum Gasteiger partial charge on any atom is -0.396 e. The Morgan fingerprint density at radius 3 is 2.83 bits per heavy atom. The quantitative estimate of drug-likeness (QED) is 0.644. The van der Waals surface area contributed by atoms with E-state index in [1.165, 1.54) is 11.1 Å². The molecule has 1 aromatic heterocycles. The van der Waals surface area contributed by atoms with Crippen LogP contribution in [0.1, 0.15) is 29.8 Å². The highest BCUT2D eigenvalue weighted by Gasteiger charge is 2.35. The number of imidazole rings is 1. The van der Waals surface area contributed by atoms with E-state index in [9.17, 15) is 5.11 Å². The van der Waals surface area contributed by atoms with E-state index in [0.29, 0.717) is 0 Å². The molecular weight excluding hydrogens is 382 g/mol. The Kier molecular flexibility index (Phi) is 6.04. The van der Waals surface area contributed by atoms with E-state index in [1.54, 1.807) is 0 Å². The number of benzene rings is 2. The molecule has 2 heterocycles. The molecule has 29 heavy (non-hydrogen) atoms. The van der Waals surface area contributed by atoms with Gasteiger partial charge in [0.15, 0.2) is 0 Å². The average Bonchev–Trinajstić information content (AvgIpc) is 3.16. The third kappa shape index (κ3) is 4.72. The van der Waals surface area contributed by atoms with Crippen molar-refractivity contribution in [1.82, 2.24) is 14.5 Å². The van der Waals surface area contributed by atoms with E-state index in [-0.39, 0.29) is 12.0 Å². The van der Waals surface area contributed by atoms with E-state index < -0.39 is 0 Å². The maximum atomic E-state index is 10.3. The number of aliphatic hydroxyl groups excluding tert-OH is 1. The molecule has 1 unspecified atom stereocenters. The van der Waals surface area contributed by atoms with Crippen LogP contribution in [0.3, 0.4) is 0 Å². The van der Waals surface area contributed by atoms with Crippen LogP contribution in [0.4, 0.5) is 0 Å². The highest BCUT2D eigenvalue weighted by atomic mass is 35.5. The molecule has 1 saturated heterocycles. The van der Waals surface area contributed by atoms with Crippen molar-refractivity contribution in [2.24, 2.45) is 5.41 Å². The van der Waals surface area contributed by atoms with Gasteiger partial charge in [-0.05, 0) is 68.1 Å². The zero-order valence-corrected chi connectivity index (χ0v) is 17.6. The standard InChI is InChI=1S/C24H28ClN3O/c1-19-5-2-8-22(13-19)28-12-10-26-23(28)16-27-11-4-9-24(17-27,18-29)15-20-6-3-7-21(25)14-20/h2-3,5-8,10,12-14,29H,4,9,11,15-18H2,1H3. The molecule has 0 radical (unpaired) electrons. The molecule has 0 amide bonds. The van der Waals surface area contributed by atoms with Crippen molar-refractivity contribution >= 4 is 11.6 Å². The predicted octanol–water partition coefficient (Wildman–Crippen LogP) is 4.65. The van der Waals surface area contributed by atoms with Gasteiger partial charge >= 0.3 is 0 Å². The van der Waals surface area contributed by atoms with Crippen LogP contribution < -0.4 is 0 Å². The topological polar surface area (TPSA) is 41.3 Å². The first-order chi connectivity index (χ1) is 14.1. The Balaban J connectivity index is 1.51. The molecule has 0 bridgehead atoms. The maximum absolute atomic E-state index is 10.3. The minimum absolute atomic E-state index is 0.135. The number of hydrogen-bond donors (Lipinski definition) is 1. The summed E-state index contributed by atoms with van der Waals surface area (Å²) >= 11 is 6.18. The molecule has 1 aliphatic heterocycles. The maximum Gasteiger partial charge on any atom is 0.127 e. The molecular formula is C24H28ClN3O. The lowest BCUT2D eigenvalue weighted by Gasteiger charge is -2.42. The van der Waals surface area contributed by atoms with Gasteiger partial charge in [0.05, 0.1) is 13.2 Å². The number of likely N-dealkylation sites (tertiary alicyclic amines) is 1. The van der Waals surface area contributed by atoms with Crippen LogP contribution in [-0.2, 0) is 13.0 Å². The smallest absolute Gasteiger partial charge is 0.127 e. The highest BCUT2D eigenvalue weighted by Crippen LogP contribution is 2.34. The van der Waals surface area contributed by atoms with E-state index in [1.807, 2.05) is 30.6 Å². The second-order valence-electron chi connectivity index (χ2n) is 8.33. The number of piperidine rings is 1. The molecule has 0 spiro atoms. The Morgan fingerprint density at radius 1 is 1.17 bits per heavy atom. The monoisotopic (exact) mass is 409 g/mol. The van der Waals surface area contributed by atoms with Gasteiger partial charge in [0.2, 0.25) is 0 Å². The van der Waals surface area contributed by atoms with Crippen molar-refractivity contribution in [3.63, 3.8) is 0 Å². The zero-order valence-electron chi connectivity index (χ0n) is 16.9. The Bertz CT molecular complexity index is 970. The summed E-state index contributed by atoms with van der Waals surface area (Å²) in [5, 5.41) is 11.1. The normalized spacial score (nSPS) is 20.1. The van der Waals surface area contributed by atoms with E-state index in [4.69, 9.17) is 11.6 Å². The first kappa shape index (κ1) is 20.1. The van der Waals surface area contributed by atoms with Crippen LogP contribution in [0, 0.1) is 12.3 Å². The van der Waals surface area contributed by atoms with Crippen LogP contribution in [0.15, 0.2) is 60.9 Å². The molecule has 1 atom stereocenters. The SMILES string of the molecule is Cc1cccc(-n2ccnc2CN2CCCC(CO)(Cc3cccc(Cl)c3)C2)c1. The lowest BCUT2D eigenvalue weighted by Crippen LogP contribution is -2.46. The van der Waals surface area contributed by atoms with Gasteiger partial charge in [-0.1, -0.05) is 35.9 Å². The van der Waals surface area contributed by atoms with Crippen LogP contribution in [0.25, 0.3) is 5.69 Å². The summed E-state index contributed by atoms with van der Waals surface area (Å²) in [5.74, 6) is 1.03. The van der Waals surface area contributed by atoms with Crippen molar-refractivity contribution in [2.75, 3.05) is 19.7 Å². The molecule has 152 valence electrons. The lowest BCUT2D eigenvalue weighted by atomic mass is 9.75. The largest absolute Gasteiger partial charge is 0.396 e. The average molecular weight is 410 g/mol. The van der Waals surface area contributed by atoms with Crippen LogP contribution >= 0.6 is 11.6 Å². The number of rotatable bonds is 6. The van der Waals surface area contributed by atoms with Crippen LogP contribution in [0.5, 0.6) is 0 Å². The molecule has 3 aromatic rings. The molecule has 4 rings (SSSR count). The van der Waals surface area contributed by atoms with Gasteiger partial charge in [0.1, 0.15) is 5.82 Å². The Labute approximate surface area is 177 Å². The fraction of sp³-hybridized carbons (Fsp3) is 0.375. The number of halogens is 1. The van der Waals surface area contributed by atoms with Gasteiger partial charge in [-0.3, -0.25) is 4.90 Å². The summed E-state index contributed by atoms with van der Waals surface area (Å²) in [4.78, 5) is 7.06. The van der Waals surface area contributed by atoms with Crippen molar-refractivity contribution in [3.05, 3.63) is 82.9 Å². The van der Waals surface area contributed by atoms with Gasteiger partial charge in [0.25, 0.3) is 0 Å². The first-order valence-electron chi connectivity index (χ1n) is 10.2. The van der Waals surface area contributed by atoms with Gasteiger partial charge < -0.3 is 9.67 Å². The summed E-state index contributed by atoms with van der Waals surface area (Å²) in [6.45, 7) is 4.95. The van der Waals surface area contributed by atoms with E-state index in [0.717, 1.165) is 55.4 Å². The Morgan fingerprint density at radius 2 is 2.03 bits per heavy atom. The summed E-state index contributed by atoms with van der Waals surface area (Å²) in [5.41, 5.74) is 3.43. The summed E-state index contributed by atoms with van der Waals surface area (Å²) in [6.07, 6.45) is 6.84. The first-order valence-corrected chi connectivity index (χ1v) is 10.6. The predicted molar refractivity (Wildman–Crippen MR) is 117 cm³/mol. The zero-order chi connectivity index (χ0) is 20.3. The van der Waals surface area contributed by atoms with Gasteiger partial charge in [-0.15, -0.1) is 0 Å². The summed E-state index contributed by atoms with van der Waals surface area (Å²) < 4.78 is 2.17. The number of aromatic nitrogens is 2. The molecule has 1 aliphatic rings. The van der Waals surface area contributed by atoms with Crippen molar-refractivity contribution in [1.29, 1.82) is 0 Å². The number of aliphatic hydroxyl groups is 1. The number of nitrogens with zero attached hydrogens (tertiary/aromatic N) is 3. The molecule has 0 aliphatic carbocycles. The summed E-state index contributed by atoms with van der Waals surface area (Å²) in [6, 6.07) is 16.5. The second kappa shape index (κ2) is 8.70. The van der Waals surface area contributed by atoms with Gasteiger partial charge in [-0.2, -0.15) is 0 Å². The van der Waals surface area contributed by atoms with Gasteiger partial charge in [0, 0.05) is 35.1 Å². The van der Waals surface area contributed by atoms with Gasteiger partial charge in [-0.25, -0.2) is 4.98 Å². The molecule has 4 nitrogen and oxygen atoms in total. The lowest BCUT2D eigenvalue weighted by molar-refractivity contribution is 0.0276. The van der Waals surface area contributed by atoms with E-state index >= 15 is 0 Å². The third-order valence-electron chi connectivity index (χ3n) is 5.91. The fourth-order valence-electron chi connectivity index (χ4n) is 4.52. The second-order valence-corrected chi connectivity index (χ2v) is 8.77. The third-order valence-corrected chi connectivity index (χ3v) is 6.14. The van der Waals surface area contributed by atoms with Crippen LogP contribution in [0.2, 0.25) is 5.02 Å². The molecule has 5 heteroatoms. The van der Waals surface area contributed by atoms with Crippen molar-refractivity contribution in [2.45, 2.75) is 32.7 Å². The minimum atomic E-state index is -0.135. The number of hydrogen-bond acceptors (Lipinski definition) is 3. The van der Waals surface area contributed by atoms with E-state index in [2.05, 4.69) is 51.7 Å². The fourth-order valence-corrected chi connectivity index (χ4v) is 4.73. The number of aryl methyl sites for hydroxylation is 1. The molecule has 1 N–H and O–H groups in total. The van der Waals surface area contributed by atoms with Crippen LogP contribution in [-0.4, -0.2) is 39.3 Å². The Hall–Kier alpha value is -2.14. The molecule has 1 fully saturated rings. The molecule has 0 saturated carbocycles.